The number of aromatic amines is 1. The Labute approximate surface area is 339 Å². The fourth-order valence-corrected chi connectivity index (χ4v) is 7.40. The Hall–Kier alpha value is -3.53. The zero-order chi connectivity index (χ0) is 38.3. The molecule has 7 rings (SSSR count). The molecule has 1 N–H and O–H groups in total. The third-order valence-electron chi connectivity index (χ3n) is 9.59. The normalized spacial score (nSPS) is 16.1. The molecule has 1 atom stereocenters. The van der Waals surface area contributed by atoms with E-state index in [4.69, 9.17) is 32.7 Å². The lowest BCUT2D eigenvalue weighted by molar-refractivity contribution is 0.168. The lowest BCUT2D eigenvalue weighted by Crippen LogP contribution is -2.52. The monoisotopic (exact) mass is 806 g/mol. The molecule has 1 fully saturated rings. The molecular formula is C43H50Cl3FN6S. The lowest BCUT2D eigenvalue weighted by atomic mass is 9.91. The van der Waals surface area contributed by atoms with Crippen LogP contribution in [-0.4, -0.2) is 77.1 Å². The van der Waals surface area contributed by atoms with Gasteiger partial charge in [0.1, 0.15) is 5.82 Å². The first kappa shape index (κ1) is 41.6. The SMILES string of the molecule is CCCC.CCl.Fc1ccc2[nH]cc(CCCCN3CCN(/C(=N/Sc4ccc(Cl)cc4)N4CC(c5ccccc5)C(c5ccc(Cl)cc5)=N4)CC3)c2c1. The summed E-state index contributed by atoms with van der Waals surface area (Å²) in [6, 6.07) is 31.3. The zero-order valence-corrected chi connectivity index (χ0v) is 34.4. The van der Waals surface area contributed by atoms with E-state index in [2.05, 4.69) is 81.6 Å². The molecule has 6 nitrogen and oxygen atoms in total. The van der Waals surface area contributed by atoms with Crippen LogP contribution in [0.4, 0.5) is 4.39 Å². The van der Waals surface area contributed by atoms with E-state index in [0.717, 1.165) is 85.0 Å². The molecule has 11 heteroatoms. The third kappa shape index (κ3) is 11.5. The van der Waals surface area contributed by atoms with Gasteiger partial charge in [-0.2, -0.15) is 9.50 Å². The Balaban J connectivity index is 0.000000878. The molecule has 1 saturated heterocycles. The molecule has 2 aliphatic heterocycles. The Kier molecular flexibility index (Phi) is 16.6. The summed E-state index contributed by atoms with van der Waals surface area (Å²) in [7, 11) is 0. The van der Waals surface area contributed by atoms with E-state index in [0.29, 0.717) is 16.6 Å². The van der Waals surface area contributed by atoms with Crippen molar-refractivity contribution in [1.82, 2.24) is 19.8 Å². The Morgan fingerprint density at radius 3 is 2.19 bits per heavy atom. The number of fused-ring (bicyclic) bond motifs is 1. The number of hydrazone groups is 1. The van der Waals surface area contributed by atoms with Gasteiger partial charge >= 0.3 is 0 Å². The number of guanidine groups is 1. The number of halogens is 4. The molecule has 0 aliphatic carbocycles. The van der Waals surface area contributed by atoms with Crippen LogP contribution in [0.3, 0.4) is 0 Å². The molecule has 54 heavy (non-hydrogen) atoms. The summed E-state index contributed by atoms with van der Waals surface area (Å²) in [6.07, 6.45) is 9.22. The van der Waals surface area contributed by atoms with E-state index >= 15 is 0 Å². The highest BCUT2D eigenvalue weighted by Gasteiger charge is 2.34. The molecule has 1 aromatic heterocycles. The van der Waals surface area contributed by atoms with Gasteiger partial charge in [0.15, 0.2) is 0 Å². The first-order valence-electron chi connectivity index (χ1n) is 18.7. The average molecular weight is 808 g/mol. The summed E-state index contributed by atoms with van der Waals surface area (Å²) in [6.45, 7) is 9.72. The maximum absolute atomic E-state index is 13.8. The standard InChI is InChI=1S/C38H37Cl2FN6S.C4H10.CH3Cl/c39-30-11-9-28(10-12-30)37-35(27-6-2-1-3-7-27)26-47(43-37)38(44-48-33-16-13-31(40)14-17-33)46-22-20-45(21-23-46)19-5-4-8-29-25-42-36-18-15-32(41)24-34(29)36;1-3-4-2;1-2/h1-3,6-7,9-18,24-25,35,42H,4-5,8,19-23,26H2;3-4H2,1-2H3;1H3/b44-38-;;. The van der Waals surface area contributed by atoms with Crippen molar-refractivity contribution in [3.63, 3.8) is 0 Å². The van der Waals surface area contributed by atoms with Crippen molar-refractivity contribution in [3.05, 3.63) is 136 Å². The summed E-state index contributed by atoms with van der Waals surface area (Å²) in [5, 5.41) is 9.73. The summed E-state index contributed by atoms with van der Waals surface area (Å²) in [5.74, 6) is 0.770. The van der Waals surface area contributed by atoms with E-state index in [1.165, 1.54) is 48.4 Å². The van der Waals surface area contributed by atoms with Crippen molar-refractivity contribution in [2.75, 3.05) is 45.7 Å². The number of aromatic nitrogens is 1. The number of hydrogen-bond donors (Lipinski definition) is 1. The predicted octanol–water partition coefficient (Wildman–Crippen LogP) is 11.8. The number of benzene rings is 4. The smallest absolute Gasteiger partial charge is 0.229 e. The van der Waals surface area contributed by atoms with Crippen LogP contribution in [0, 0.1) is 5.82 Å². The molecule has 286 valence electrons. The van der Waals surface area contributed by atoms with Crippen molar-refractivity contribution in [3.8, 4) is 0 Å². The summed E-state index contributed by atoms with van der Waals surface area (Å²) >= 11 is 18.5. The minimum atomic E-state index is -0.188. The number of aryl methyl sites for hydroxylation is 1. The molecule has 0 amide bonds. The van der Waals surface area contributed by atoms with E-state index in [1.54, 1.807) is 6.07 Å². The second kappa shape index (κ2) is 21.5. The third-order valence-corrected chi connectivity index (χ3v) is 10.8. The first-order valence-corrected chi connectivity index (χ1v) is 21.0. The highest BCUT2D eigenvalue weighted by Crippen LogP contribution is 2.32. The van der Waals surface area contributed by atoms with Gasteiger partial charge in [0.2, 0.25) is 5.96 Å². The highest BCUT2D eigenvalue weighted by atomic mass is 35.5. The number of hydrogen-bond acceptors (Lipinski definition) is 4. The van der Waals surface area contributed by atoms with Gasteiger partial charge in [-0.25, -0.2) is 9.40 Å². The Morgan fingerprint density at radius 2 is 1.52 bits per heavy atom. The van der Waals surface area contributed by atoms with Gasteiger partial charge in [0, 0.05) is 82.5 Å². The second-order valence-corrected chi connectivity index (χ2v) is 15.0. The predicted molar refractivity (Wildman–Crippen MR) is 230 cm³/mol. The van der Waals surface area contributed by atoms with Crippen LogP contribution < -0.4 is 0 Å². The van der Waals surface area contributed by atoms with Crippen molar-refractivity contribution < 1.29 is 4.39 Å². The van der Waals surface area contributed by atoms with Gasteiger partial charge in [-0.1, -0.05) is 92.4 Å². The zero-order valence-electron chi connectivity index (χ0n) is 31.3. The van der Waals surface area contributed by atoms with Crippen LogP contribution in [0.25, 0.3) is 10.9 Å². The van der Waals surface area contributed by atoms with Crippen LogP contribution >= 0.6 is 46.8 Å². The van der Waals surface area contributed by atoms with Crippen molar-refractivity contribution in [1.29, 1.82) is 0 Å². The number of piperazine rings is 1. The molecule has 4 aromatic carbocycles. The molecule has 5 aromatic rings. The number of alkyl halides is 1. The summed E-state index contributed by atoms with van der Waals surface area (Å²) in [4.78, 5) is 9.20. The molecule has 0 bridgehead atoms. The minimum absolute atomic E-state index is 0.0908. The van der Waals surface area contributed by atoms with Crippen molar-refractivity contribution in [2.45, 2.75) is 56.8 Å². The second-order valence-electron chi connectivity index (χ2n) is 13.3. The lowest BCUT2D eigenvalue weighted by Gasteiger charge is -2.38. The fraction of sp³-hybridized carbons (Fsp3) is 0.349. The van der Waals surface area contributed by atoms with E-state index in [-0.39, 0.29) is 11.7 Å². The molecule has 1 unspecified atom stereocenters. The first-order chi connectivity index (χ1) is 26.4. The van der Waals surface area contributed by atoms with Gasteiger partial charge < -0.3 is 9.88 Å². The molecule has 0 radical (unpaired) electrons. The fourth-order valence-electron chi connectivity index (χ4n) is 6.49. The molecule has 0 saturated carbocycles. The van der Waals surface area contributed by atoms with Gasteiger partial charge in [-0.3, -0.25) is 4.90 Å². The molecule has 2 aliphatic rings. The summed E-state index contributed by atoms with van der Waals surface area (Å²) in [5.41, 5.74) is 5.47. The van der Waals surface area contributed by atoms with Crippen molar-refractivity contribution in [2.24, 2.45) is 9.50 Å². The van der Waals surface area contributed by atoms with Gasteiger partial charge in [0.05, 0.1) is 12.3 Å². The Morgan fingerprint density at radius 1 is 0.852 bits per heavy atom. The average Bonchev–Trinajstić information content (AvgIpc) is 3.84. The van der Waals surface area contributed by atoms with Crippen LogP contribution in [-0.2, 0) is 6.42 Å². The van der Waals surface area contributed by atoms with Crippen LogP contribution in [0.5, 0.6) is 0 Å². The largest absolute Gasteiger partial charge is 0.361 e. The van der Waals surface area contributed by atoms with Crippen LogP contribution in [0.15, 0.2) is 118 Å². The number of unbranched alkanes of at least 4 members (excludes halogenated alkanes) is 2. The highest BCUT2D eigenvalue weighted by molar-refractivity contribution is 7.98. The van der Waals surface area contributed by atoms with Crippen molar-refractivity contribution >= 4 is 69.3 Å². The van der Waals surface area contributed by atoms with Crippen LogP contribution in [0.1, 0.15) is 62.1 Å². The molecule has 0 spiro atoms. The van der Waals surface area contributed by atoms with E-state index in [1.807, 2.05) is 54.7 Å². The molecule has 3 heterocycles. The number of rotatable bonds is 10. The number of nitrogens with zero attached hydrogens (tertiary/aromatic N) is 5. The van der Waals surface area contributed by atoms with Crippen LogP contribution in [0.2, 0.25) is 10.0 Å². The van der Waals surface area contributed by atoms with E-state index < -0.39 is 0 Å². The topological polar surface area (TPSA) is 50.2 Å². The quantitative estimate of drug-likeness (QED) is 0.0502. The minimum Gasteiger partial charge on any atom is -0.361 e. The number of nitrogens with one attached hydrogen (secondary N) is 1. The summed E-state index contributed by atoms with van der Waals surface area (Å²) < 4.78 is 18.9. The molecular weight excluding hydrogens is 758 g/mol. The maximum atomic E-state index is 13.8. The Bertz CT molecular complexity index is 1930. The maximum Gasteiger partial charge on any atom is 0.229 e. The number of H-pyrrole nitrogens is 1. The van der Waals surface area contributed by atoms with E-state index in [9.17, 15) is 4.39 Å². The van der Waals surface area contributed by atoms with Gasteiger partial charge in [0.25, 0.3) is 0 Å². The van der Waals surface area contributed by atoms with Gasteiger partial charge in [-0.15, -0.1) is 11.6 Å². The van der Waals surface area contributed by atoms with Gasteiger partial charge in [-0.05, 0) is 97.1 Å².